The number of rotatable bonds is 6. The molecule has 1 fully saturated rings. The van der Waals surface area contributed by atoms with E-state index < -0.39 is 0 Å². The summed E-state index contributed by atoms with van der Waals surface area (Å²) in [5.74, 6) is 0.991. The summed E-state index contributed by atoms with van der Waals surface area (Å²) in [4.78, 5) is 33.1. The number of thiocarbonyl (C=S) groups is 1. The molecule has 1 saturated heterocycles. The molecule has 0 radical (unpaired) electrons. The van der Waals surface area contributed by atoms with E-state index in [1.807, 2.05) is 37.3 Å². The first kappa shape index (κ1) is 23.1. The van der Waals surface area contributed by atoms with Crippen molar-refractivity contribution in [2.75, 3.05) is 0 Å². The zero-order valence-electron chi connectivity index (χ0n) is 19.1. The van der Waals surface area contributed by atoms with Crippen molar-refractivity contribution >= 4 is 45.9 Å². The van der Waals surface area contributed by atoms with E-state index in [2.05, 4.69) is 11.9 Å². The number of ether oxygens (including phenoxy) is 1. The van der Waals surface area contributed by atoms with Crippen LogP contribution in [-0.2, 0) is 17.8 Å². The highest BCUT2D eigenvalue weighted by atomic mass is 32.2. The SMILES string of the molecule is CCc1ccc(Oc2nc3c(C)cccn3c(=O)c2/C=C2/SC(=S)N(Cc3ccco3)C2=O)cc1. The van der Waals surface area contributed by atoms with Crippen LogP contribution in [0.15, 0.2) is 75.1 Å². The van der Waals surface area contributed by atoms with Gasteiger partial charge < -0.3 is 9.15 Å². The second-order valence-electron chi connectivity index (χ2n) is 7.97. The van der Waals surface area contributed by atoms with E-state index in [-0.39, 0.29) is 29.5 Å². The van der Waals surface area contributed by atoms with Gasteiger partial charge in [-0.05, 0) is 60.9 Å². The van der Waals surface area contributed by atoms with Gasteiger partial charge in [0.25, 0.3) is 11.5 Å². The zero-order chi connectivity index (χ0) is 24.5. The van der Waals surface area contributed by atoms with Gasteiger partial charge in [-0.2, -0.15) is 4.98 Å². The molecule has 1 aliphatic heterocycles. The number of carbonyl (C=O) groups is 1. The Morgan fingerprint density at radius 1 is 1.14 bits per heavy atom. The Morgan fingerprint density at radius 3 is 2.66 bits per heavy atom. The summed E-state index contributed by atoms with van der Waals surface area (Å²) < 4.78 is 13.3. The first-order valence-electron chi connectivity index (χ1n) is 11.0. The summed E-state index contributed by atoms with van der Waals surface area (Å²) in [5, 5.41) is 0. The first-order chi connectivity index (χ1) is 16.9. The smallest absolute Gasteiger partial charge is 0.269 e. The molecule has 5 rings (SSSR count). The summed E-state index contributed by atoms with van der Waals surface area (Å²) in [5.41, 5.74) is 2.31. The number of fused-ring (bicyclic) bond motifs is 1. The van der Waals surface area contributed by atoms with E-state index in [1.165, 1.54) is 20.9 Å². The van der Waals surface area contributed by atoms with E-state index in [0.717, 1.165) is 23.7 Å². The lowest BCUT2D eigenvalue weighted by Crippen LogP contribution is -2.27. The van der Waals surface area contributed by atoms with Crippen LogP contribution in [0.1, 0.15) is 29.4 Å². The third-order valence-electron chi connectivity index (χ3n) is 5.64. The fraction of sp³-hybridized carbons (Fsp3) is 0.154. The molecule has 4 heterocycles. The predicted molar refractivity (Wildman–Crippen MR) is 140 cm³/mol. The van der Waals surface area contributed by atoms with Crippen LogP contribution in [0.3, 0.4) is 0 Å². The van der Waals surface area contributed by atoms with Gasteiger partial charge in [-0.15, -0.1) is 0 Å². The van der Waals surface area contributed by atoms with Gasteiger partial charge in [-0.3, -0.25) is 18.9 Å². The quantitative estimate of drug-likeness (QED) is 0.259. The fourth-order valence-corrected chi connectivity index (χ4v) is 4.96. The Labute approximate surface area is 211 Å². The van der Waals surface area contributed by atoms with Crippen molar-refractivity contribution in [1.29, 1.82) is 0 Å². The van der Waals surface area contributed by atoms with Gasteiger partial charge in [0.05, 0.1) is 17.7 Å². The van der Waals surface area contributed by atoms with Gasteiger partial charge >= 0.3 is 0 Å². The molecule has 1 aliphatic rings. The average Bonchev–Trinajstić information content (AvgIpc) is 3.46. The number of carbonyl (C=O) groups excluding carboxylic acids is 1. The second-order valence-corrected chi connectivity index (χ2v) is 9.64. The lowest BCUT2D eigenvalue weighted by Gasteiger charge is -2.12. The van der Waals surface area contributed by atoms with Crippen molar-refractivity contribution in [2.24, 2.45) is 0 Å². The van der Waals surface area contributed by atoms with Crippen LogP contribution in [0.25, 0.3) is 11.7 Å². The van der Waals surface area contributed by atoms with E-state index in [9.17, 15) is 9.59 Å². The summed E-state index contributed by atoms with van der Waals surface area (Å²) in [6.07, 6.45) is 5.61. The highest BCUT2D eigenvalue weighted by Gasteiger charge is 2.33. The molecule has 0 bridgehead atoms. The second kappa shape index (κ2) is 9.52. The van der Waals surface area contributed by atoms with Gasteiger partial charge in [0.15, 0.2) is 0 Å². The molecule has 0 atom stereocenters. The highest BCUT2D eigenvalue weighted by molar-refractivity contribution is 8.26. The van der Waals surface area contributed by atoms with Crippen LogP contribution < -0.4 is 10.3 Å². The van der Waals surface area contributed by atoms with E-state index in [1.54, 1.807) is 30.7 Å². The minimum absolute atomic E-state index is 0.129. The van der Waals surface area contributed by atoms with Crippen molar-refractivity contribution in [2.45, 2.75) is 26.8 Å². The predicted octanol–water partition coefficient (Wildman–Crippen LogP) is 5.35. The number of hydrogen-bond acceptors (Lipinski definition) is 7. The number of hydrogen-bond donors (Lipinski definition) is 0. The van der Waals surface area contributed by atoms with Crippen molar-refractivity contribution in [3.63, 3.8) is 0 Å². The van der Waals surface area contributed by atoms with Crippen molar-refractivity contribution in [3.8, 4) is 11.6 Å². The number of aryl methyl sites for hydroxylation is 2. The zero-order valence-corrected chi connectivity index (χ0v) is 20.7. The van der Waals surface area contributed by atoms with Gasteiger partial charge in [0.2, 0.25) is 5.88 Å². The molecule has 3 aromatic heterocycles. The molecule has 7 nitrogen and oxygen atoms in total. The Kier molecular flexibility index (Phi) is 6.27. The van der Waals surface area contributed by atoms with Crippen molar-refractivity contribution < 1.29 is 13.9 Å². The molecular formula is C26H21N3O4S2. The highest BCUT2D eigenvalue weighted by Crippen LogP contribution is 2.35. The van der Waals surface area contributed by atoms with Crippen LogP contribution in [-0.4, -0.2) is 24.5 Å². The molecule has 0 aliphatic carbocycles. The number of nitrogens with zero attached hydrogens (tertiary/aromatic N) is 3. The third kappa shape index (κ3) is 4.52. The first-order valence-corrected chi connectivity index (χ1v) is 12.2. The summed E-state index contributed by atoms with van der Waals surface area (Å²) in [6.45, 7) is 4.17. The Morgan fingerprint density at radius 2 is 1.94 bits per heavy atom. The Hall–Kier alpha value is -3.69. The third-order valence-corrected chi connectivity index (χ3v) is 7.02. The number of furan rings is 1. The maximum atomic E-state index is 13.5. The lowest BCUT2D eigenvalue weighted by atomic mass is 10.2. The number of aromatic nitrogens is 2. The molecule has 0 N–H and O–H groups in total. The molecule has 1 amide bonds. The number of benzene rings is 1. The maximum Gasteiger partial charge on any atom is 0.269 e. The number of amides is 1. The fourth-order valence-electron chi connectivity index (χ4n) is 3.72. The Balaban J connectivity index is 1.59. The van der Waals surface area contributed by atoms with Gasteiger partial charge in [0, 0.05) is 6.20 Å². The lowest BCUT2D eigenvalue weighted by molar-refractivity contribution is -0.122. The molecule has 176 valence electrons. The summed E-state index contributed by atoms with van der Waals surface area (Å²) in [6, 6.07) is 14.8. The minimum Gasteiger partial charge on any atom is -0.467 e. The topological polar surface area (TPSA) is 77.1 Å². The Bertz CT molecular complexity index is 1520. The van der Waals surface area contributed by atoms with Gasteiger partial charge in [0.1, 0.15) is 27.0 Å². The van der Waals surface area contributed by atoms with Crippen LogP contribution in [0.5, 0.6) is 11.6 Å². The van der Waals surface area contributed by atoms with Gasteiger partial charge in [-0.1, -0.05) is 49.1 Å². The van der Waals surface area contributed by atoms with Crippen LogP contribution in [0, 0.1) is 6.92 Å². The van der Waals surface area contributed by atoms with Gasteiger partial charge in [-0.25, -0.2) is 0 Å². The van der Waals surface area contributed by atoms with Crippen LogP contribution >= 0.6 is 24.0 Å². The van der Waals surface area contributed by atoms with Crippen molar-refractivity contribution in [1.82, 2.24) is 14.3 Å². The molecular weight excluding hydrogens is 482 g/mol. The van der Waals surface area contributed by atoms with E-state index >= 15 is 0 Å². The average molecular weight is 504 g/mol. The van der Waals surface area contributed by atoms with E-state index in [4.69, 9.17) is 21.4 Å². The number of pyridine rings is 1. The largest absolute Gasteiger partial charge is 0.467 e. The molecule has 0 unspecified atom stereocenters. The minimum atomic E-state index is -0.338. The summed E-state index contributed by atoms with van der Waals surface area (Å²) in [7, 11) is 0. The molecule has 35 heavy (non-hydrogen) atoms. The molecule has 9 heteroatoms. The summed E-state index contributed by atoms with van der Waals surface area (Å²) >= 11 is 6.56. The van der Waals surface area contributed by atoms with Crippen LogP contribution in [0.4, 0.5) is 0 Å². The molecule has 4 aromatic rings. The molecule has 0 spiro atoms. The van der Waals surface area contributed by atoms with Crippen LogP contribution in [0.2, 0.25) is 0 Å². The normalized spacial score (nSPS) is 14.9. The van der Waals surface area contributed by atoms with E-state index in [0.29, 0.717) is 26.4 Å². The number of thioether (sulfide) groups is 1. The molecule has 0 saturated carbocycles. The molecule has 1 aromatic carbocycles. The monoisotopic (exact) mass is 503 g/mol. The maximum absolute atomic E-state index is 13.5. The van der Waals surface area contributed by atoms with Crippen molar-refractivity contribution in [3.05, 3.63) is 98.7 Å². The standard InChI is InChI=1S/C26H21N3O4S2/c1-3-17-8-10-18(11-9-17)33-23-20(24(30)28-12-4-6-16(2)22(28)27-23)14-21-25(31)29(26(34)35-21)15-19-7-5-13-32-19/h4-14H,3,15H2,1-2H3/b21-14+.